The van der Waals surface area contributed by atoms with Gasteiger partial charge in [0, 0.05) is 27.0 Å². The Morgan fingerprint density at radius 2 is 1.69 bits per heavy atom. The van der Waals surface area contributed by atoms with Gasteiger partial charge in [-0.05, 0) is 26.0 Å². The number of esters is 2. The van der Waals surface area contributed by atoms with Crippen LogP contribution in [0.25, 0.3) is 33.1 Å². The Kier molecular flexibility index (Phi) is 5.35. The summed E-state index contributed by atoms with van der Waals surface area (Å²) in [5.74, 6) is -0.542. The Balaban J connectivity index is 1.96. The number of fused-ring (bicyclic) bond motifs is 5. The molecule has 0 aliphatic carbocycles. The number of rotatable bonds is 3. The number of nitrogens with zero attached hydrogens (tertiary/aromatic N) is 3. The predicted molar refractivity (Wildman–Crippen MR) is 131 cm³/mol. The van der Waals surface area contributed by atoms with Crippen molar-refractivity contribution in [1.29, 1.82) is 0 Å². The summed E-state index contributed by atoms with van der Waals surface area (Å²) in [7, 11) is 3.19. The molecule has 36 heavy (non-hydrogen) atoms. The quantitative estimate of drug-likeness (QED) is 0.314. The largest absolute Gasteiger partial charge is 0.496 e. The lowest BCUT2D eigenvalue weighted by molar-refractivity contribution is -0.187. The van der Waals surface area contributed by atoms with Crippen LogP contribution in [0.2, 0.25) is 0 Å². The van der Waals surface area contributed by atoms with E-state index in [1.165, 1.54) is 21.0 Å². The lowest BCUT2D eigenvalue weighted by Crippen LogP contribution is -2.52. The summed E-state index contributed by atoms with van der Waals surface area (Å²) in [6.07, 6.45) is -2.05. The topological polar surface area (TPSA) is 119 Å². The summed E-state index contributed by atoms with van der Waals surface area (Å²) >= 11 is 0. The molecule has 2 unspecified atom stereocenters. The molecule has 1 aliphatic rings. The number of hydrogen-bond acceptors (Lipinski definition) is 9. The van der Waals surface area contributed by atoms with Gasteiger partial charge in [0.2, 0.25) is 5.43 Å². The van der Waals surface area contributed by atoms with Gasteiger partial charge in [-0.25, -0.2) is 9.97 Å². The van der Waals surface area contributed by atoms with Gasteiger partial charge in [-0.3, -0.25) is 14.4 Å². The van der Waals surface area contributed by atoms with E-state index in [1.807, 2.05) is 18.2 Å². The number of carbonyl (C=O) groups is 2. The van der Waals surface area contributed by atoms with Crippen LogP contribution >= 0.6 is 0 Å². The van der Waals surface area contributed by atoms with Crippen molar-refractivity contribution >= 4 is 45.0 Å². The third kappa shape index (κ3) is 3.52. The summed E-state index contributed by atoms with van der Waals surface area (Å²) in [5.41, 5.74) is 0.985. The van der Waals surface area contributed by atoms with Crippen molar-refractivity contribution in [3.63, 3.8) is 0 Å². The average Bonchev–Trinajstić information content (AvgIpc) is 2.82. The number of para-hydroxylation sites is 2. The van der Waals surface area contributed by atoms with Gasteiger partial charge < -0.3 is 23.5 Å². The minimum atomic E-state index is -1.07. The molecule has 0 saturated heterocycles. The Morgan fingerprint density at radius 3 is 2.31 bits per heavy atom. The second-order valence-corrected chi connectivity index (χ2v) is 9.25. The Hall–Kier alpha value is -4.21. The first kappa shape index (κ1) is 23.5. The summed E-state index contributed by atoms with van der Waals surface area (Å²) in [6, 6.07) is 8.83. The van der Waals surface area contributed by atoms with Crippen molar-refractivity contribution < 1.29 is 28.5 Å². The Morgan fingerprint density at radius 1 is 1.06 bits per heavy atom. The number of hydrogen-bond donors (Lipinski definition) is 0. The SMILES string of the molecule is COc1cc2c(c3c1c(=O)c1nc4ccccc4nc1n3C)C(OC(C)=O)C(OC(C)=O)C(C)(C)O2. The van der Waals surface area contributed by atoms with E-state index in [9.17, 15) is 14.4 Å². The molecule has 0 saturated carbocycles. The summed E-state index contributed by atoms with van der Waals surface area (Å²) in [5, 5.41) is 0.220. The summed E-state index contributed by atoms with van der Waals surface area (Å²) in [6.45, 7) is 6.00. The number of benzene rings is 2. The number of ether oxygens (including phenoxy) is 4. The van der Waals surface area contributed by atoms with Crippen molar-refractivity contribution in [2.24, 2.45) is 7.05 Å². The Labute approximate surface area is 205 Å². The molecule has 0 N–H and O–H groups in total. The highest BCUT2D eigenvalue weighted by molar-refractivity contribution is 5.99. The molecule has 2 aromatic carbocycles. The van der Waals surface area contributed by atoms with Gasteiger partial charge >= 0.3 is 11.9 Å². The standard InChI is InChI=1S/C26H25N3O7/c1-12(30)34-23-19-17(36-26(3,4)24(23)35-13(2)31)11-16(33-6)18-21(19)29(5)25-20(22(18)32)27-14-9-7-8-10-15(14)28-25/h7-11,23-24H,1-6H3. The highest BCUT2D eigenvalue weighted by atomic mass is 16.6. The van der Waals surface area contributed by atoms with E-state index in [0.29, 0.717) is 33.5 Å². The van der Waals surface area contributed by atoms with Crippen molar-refractivity contribution in [2.45, 2.75) is 45.5 Å². The van der Waals surface area contributed by atoms with Crippen molar-refractivity contribution in [2.75, 3.05) is 7.11 Å². The van der Waals surface area contributed by atoms with Crippen molar-refractivity contribution in [3.8, 4) is 11.5 Å². The van der Waals surface area contributed by atoms with Gasteiger partial charge in [-0.2, -0.15) is 0 Å². The zero-order valence-corrected chi connectivity index (χ0v) is 20.7. The predicted octanol–water partition coefficient (Wildman–Crippen LogP) is 3.35. The van der Waals surface area contributed by atoms with Gasteiger partial charge in [0.25, 0.3) is 0 Å². The summed E-state index contributed by atoms with van der Waals surface area (Å²) in [4.78, 5) is 47.3. The molecule has 0 fully saturated rings. The van der Waals surface area contributed by atoms with E-state index in [2.05, 4.69) is 4.98 Å². The second-order valence-electron chi connectivity index (χ2n) is 9.25. The maximum Gasteiger partial charge on any atom is 0.303 e. The average molecular weight is 492 g/mol. The zero-order valence-electron chi connectivity index (χ0n) is 20.7. The van der Waals surface area contributed by atoms with E-state index in [1.54, 1.807) is 37.6 Å². The molecule has 0 radical (unpaired) electrons. The van der Waals surface area contributed by atoms with Crippen LogP contribution < -0.4 is 14.9 Å². The second kappa shape index (κ2) is 8.18. The maximum atomic E-state index is 13.8. The molecule has 2 aromatic heterocycles. The van der Waals surface area contributed by atoms with Crippen LogP contribution in [-0.4, -0.2) is 45.3 Å². The van der Waals surface area contributed by atoms with Gasteiger partial charge in [0.15, 0.2) is 23.4 Å². The molecule has 2 atom stereocenters. The molecule has 5 rings (SSSR count). The minimum absolute atomic E-state index is 0.166. The number of aromatic nitrogens is 3. The van der Waals surface area contributed by atoms with Crippen LogP contribution in [-0.2, 0) is 26.1 Å². The van der Waals surface area contributed by atoms with Crippen LogP contribution in [0.5, 0.6) is 11.5 Å². The molecule has 3 heterocycles. The molecular weight excluding hydrogens is 466 g/mol. The van der Waals surface area contributed by atoms with Crippen LogP contribution in [0.1, 0.15) is 39.4 Å². The van der Waals surface area contributed by atoms with Crippen molar-refractivity contribution in [3.05, 3.63) is 46.1 Å². The van der Waals surface area contributed by atoms with E-state index in [-0.39, 0.29) is 16.7 Å². The molecular formula is C26H25N3O7. The lowest BCUT2D eigenvalue weighted by atomic mass is 9.86. The normalized spacial score (nSPS) is 18.5. The molecule has 0 bridgehead atoms. The molecule has 0 amide bonds. The third-order valence-corrected chi connectivity index (χ3v) is 6.34. The molecule has 4 aromatic rings. The van der Waals surface area contributed by atoms with Gasteiger partial charge in [0.1, 0.15) is 17.1 Å². The monoisotopic (exact) mass is 491 g/mol. The van der Waals surface area contributed by atoms with Gasteiger partial charge in [0.05, 0.1) is 34.6 Å². The van der Waals surface area contributed by atoms with Gasteiger partial charge in [-0.15, -0.1) is 0 Å². The third-order valence-electron chi connectivity index (χ3n) is 6.34. The first-order valence-corrected chi connectivity index (χ1v) is 11.4. The van der Waals surface area contributed by atoms with E-state index < -0.39 is 35.2 Å². The summed E-state index contributed by atoms with van der Waals surface area (Å²) < 4.78 is 24.9. The number of methoxy groups -OCH3 is 1. The highest BCUT2D eigenvalue weighted by Gasteiger charge is 2.50. The van der Waals surface area contributed by atoms with Crippen LogP contribution in [0.4, 0.5) is 0 Å². The zero-order chi connectivity index (χ0) is 25.9. The highest BCUT2D eigenvalue weighted by Crippen LogP contribution is 2.48. The first-order chi connectivity index (χ1) is 17.0. The van der Waals surface area contributed by atoms with Gasteiger partial charge in [-0.1, -0.05) is 12.1 Å². The molecule has 1 aliphatic heterocycles. The minimum Gasteiger partial charge on any atom is -0.496 e. The van der Waals surface area contributed by atoms with E-state index >= 15 is 0 Å². The Bertz CT molecular complexity index is 1640. The van der Waals surface area contributed by atoms with Crippen LogP contribution in [0, 0.1) is 0 Å². The number of aryl methyl sites for hydroxylation is 1. The fourth-order valence-electron chi connectivity index (χ4n) is 4.87. The van der Waals surface area contributed by atoms with E-state index in [0.717, 1.165) is 0 Å². The van der Waals surface area contributed by atoms with E-state index in [4.69, 9.17) is 23.9 Å². The lowest BCUT2D eigenvalue weighted by Gasteiger charge is -2.43. The molecule has 186 valence electrons. The first-order valence-electron chi connectivity index (χ1n) is 11.4. The fraction of sp³-hybridized carbons (Fsp3) is 0.346. The van der Waals surface area contributed by atoms with Crippen molar-refractivity contribution in [1.82, 2.24) is 14.5 Å². The van der Waals surface area contributed by atoms with Crippen LogP contribution in [0.3, 0.4) is 0 Å². The number of carbonyl (C=O) groups excluding carboxylic acids is 2. The molecule has 0 spiro atoms. The van der Waals surface area contributed by atoms with Crippen LogP contribution in [0.15, 0.2) is 35.1 Å². The smallest absolute Gasteiger partial charge is 0.303 e. The number of pyridine rings is 1. The molecule has 10 nitrogen and oxygen atoms in total. The maximum absolute atomic E-state index is 13.8. The fourth-order valence-corrected chi connectivity index (χ4v) is 4.87. The molecule has 10 heteroatoms.